The fourth-order valence-corrected chi connectivity index (χ4v) is 2.04. The van der Waals surface area contributed by atoms with Crippen LogP contribution >= 0.6 is 11.3 Å². The first-order chi connectivity index (χ1) is 7.75. The molecule has 2 nitrogen and oxygen atoms in total. The van der Waals surface area contributed by atoms with Crippen molar-refractivity contribution in [2.45, 2.75) is 6.92 Å². The van der Waals surface area contributed by atoms with Gasteiger partial charge < -0.3 is 4.74 Å². The molecule has 0 amide bonds. The Kier molecular flexibility index (Phi) is 3.37. The van der Waals surface area contributed by atoms with Crippen LogP contribution in [-0.4, -0.2) is 12.4 Å². The number of Topliss-reactive ketones (excluding diaryl/α,β-unsaturated/α-hetero) is 1. The van der Waals surface area contributed by atoms with E-state index < -0.39 is 0 Å². The Labute approximate surface area is 98.5 Å². The third-order valence-electron chi connectivity index (χ3n) is 2.13. The van der Waals surface area contributed by atoms with Crippen molar-refractivity contribution in [3.05, 3.63) is 41.1 Å². The Morgan fingerprint density at radius 3 is 2.88 bits per heavy atom. The van der Waals surface area contributed by atoms with Gasteiger partial charge in [0.05, 0.1) is 0 Å². The Morgan fingerprint density at radius 2 is 2.19 bits per heavy atom. The highest BCUT2D eigenvalue weighted by molar-refractivity contribution is 7.08. The normalized spacial score (nSPS) is 10.1. The number of thiophene rings is 1. The molecule has 2 aromatic rings. The van der Waals surface area contributed by atoms with E-state index in [1.807, 2.05) is 29.6 Å². The number of benzene rings is 1. The monoisotopic (exact) mass is 232 g/mol. The van der Waals surface area contributed by atoms with Gasteiger partial charge >= 0.3 is 0 Å². The molecule has 3 heteroatoms. The molecule has 0 bridgehead atoms. The van der Waals surface area contributed by atoms with E-state index >= 15 is 0 Å². The molecule has 0 saturated carbocycles. The van der Waals surface area contributed by atoms with Gasteiger partial charge in [0, 0.05) is 0 Å². The SMILES string of the molecule is CC(=O)COc1cccc(-c2ccsc2)c1. The van der Waals surface area contributed by atoms with Crippen LogP contribution in [0.3, 0.4) is 0 Å². The van der Waals surface area contributed by atoms with Crippen LogP contribution in [-0.2, 0) is 4.79 Å². The summed E-state index contributed by atoms with van der Waals surface area (Å²) in [5, 5.41) is 4.13. The molecule has 0 radical (unpaired) electrons. The highest BCUT2D eigenvalue weighted by Crippen LogP contribution is 2.25. The molecule has 0 unspecified atom stereocenters. The summed E-state index contributed by atoms with van der Waals surface area (Å²) in [4.78, 5) is 10.8. The predicted molar refractivity (Wildman–Crippen MR) is 65.9 cm³/mol. The topological polar surface area (TPSA) is 26.3 Å². The Bertz CT molecular complexity index is 474. The van der Waals surface area contributed by atoms with Crippen molar-refractivity contribution < 1.29 is 9.53 Å². The van der Waals surface area contributed by atoms with Gasteiger partial charge in [-0.15, -0.1) is 0 Å². The van der Waals surface area contributed by atoms with Crippen LogP contribution in [0.5, 0.6) is 5.75 Å². The lowest BCUT2D eigenvalue weighted by molar-refractivity contribution is -0.118. The molecule has 0 N–H and O–H groups in total. The minimum atomic E-state index is 0.0286. The predicted octanol–water partition coefficient (Wildman–Crippen LogP) is 3.38. The number of hydrogen-bond acceptors (Lipinski definition) is 3. The maximum absolute atomic E-state index is 10.8. The van der Waals surface area contributed by atoms with Crippen LogP contribution in [0.2, 0.25) is 0 Å². The average Bonchev–Trinajstić information content (AvgIpc) is 2.80. The standard InChI is InChI=1S/C13H12O2S/c1-10(14)8-15-13-4-2-3-11(7-13)12-5-6-16-9-12/h2-7,9H,8H2,1H3. The maximum atomic E-state index is 10.8. The summed E-state index contributed by atoms with van der Waals surface area (Å²) in [5.41, 5.74) is 2.29. The first-order valence-corrected chi connectivity index (χ1v) is 5.95. The Morgan fingerprint density at radius 1 is 1.31 bits per heavy atom. The lowest BCUT2D eigenvalue weighted by Gasteiger charge is -2.05. The van der Waals surface area contributed by atoms with Crippen LogP contribution in [0, 0.1) is 0 Å². The van der Waals surface area contributed by atoms with Crippen molar-refractivity contribution in [1.29, 1.82) is 0 Å². The molecule has 0 atom stereocenters. The van der Waals surface area contributed by atoms with Crippen molar-refractivity contribution in [1.82, 2.24) is 0 Å². The smallest absolute Gasteiger partial charge is 0.167 e. The average molecular weight is 232 g/mol. The summed E-state index contributed by atoms with van der Waals surface area (Å²) in [6.07, 6.45) is 0. The zero-order valence-corrected chi connectivity index (χ0v) is 9.79. The molecule has 1 aromatic carbocycles. The molecule has 0 aliphatic heterocycles. The molecule has 0 fully saturated rings. The largest absolute Gasteiger partial charge is 0.486 e. The summed E-state index contributed by atoms with van der Waals surface area (Å²) in [6.45, 7) is 1.65. The lowest BCUT2D eigenvalue weighted by atomic mass is 10.1. The van der Waals surface area contributed by atoms with Crippen molar-refractivity contribution in [2.24, 2.45) is 0 Å². The van der Waals surface area contributed by atoms with Crippen LogP contribution < -0.4 is 4.74 Å². The first kappa shape index (κ1) is 10.9. The highest BCUT2D eigenvalue weighted by Gasteiger charge is 2.01. The second-order valence-electron chi connectivity index (χ2n) is 3.53. The van der Waals surface area contributed by atoms with Crippen molar-refractivity contribution in [2.75, 3.05) is 6.61 Å². The molecule has 0 saturated heterocycles. The van der Waals surface area contributed by atoms with E-state index in [2.05, 4.69) is 11.4 Å². The molecule has 82 valence electrons. The van der Waals surface area contributed by atoms with Gasteiger partial charge in [0.15, 0.2) is 5.78 Å². The van der Waals surface area contributed by atoms with E-state index in [1.165, 1.54) is 12.5 Å². The summed E-state index contributed by atoms with van der Waals surface area (Å²) in [7, 11) is 0. The van der Waals surface area contributed by atoms with Crippen LogP contribution in [0.25, 0.3) is 11.1 Å². The fourth-order valence-electron chi connectivity index (χ4n) is 1.38. The molecule has 1 heterocycles. The molecule has 0 spiro atoms. The minimum Gasteiger partial charge on any atom is -0.486 e. The van der Waals surface area contributed by atoms with Gasteiger partial charge in [-0.3, -0.25) is 4.79 Å². The van der Waals surface area contributed by atoms with E-state index in [0.29, 0.717) is 0 Å². The van der Waals surface area contributed by atoms with E-state index in [-0.39, 0.29) is 12.4 Å². The third kappa shape index (κ3) is 2.70. The molecule has 2 rings (SSSR count). The number of ketones is 1. The lowest BCUT2D eigenvalue weighted by Crippen LogP contribution is -2.06. The van der Waals surface area contributed by atoms with Gasteiger partial charge in [-0.2, -0.15) is 11.3 Å². The second kappa shape index (κ2) is 4.94. The molecular formula is C13H12O2S. The van der Waals surface area contributed by atoms with E-state index in [1.54, 1.807) is 11.3 Å². The summed E-state index contributed by atoms with van der Waals surface area (Å²) in [6, 6.07) is 9.84. The Balaban J connectivity index is 2.17. The van der Waals surface area contributed by atoms with E-state index in [9.17, 15) is 4.79 Å². The highest BCUT2D eigenvalue weighted by atomic mass is 32.1. The van der Waals surface area contributed by atoms with Crippen molar-refractivity contribution >= 4 is 17.1 Å². The molecule has 1 aromatic heterocycles. The number of carbonyl (C=O) groups is 1. The molecule has 0 aliphatic carbocycles. The third-order valence-corrected chi connectivity index (χ3v) is 2.81. The van der Waals surface area contributed by atoms with Gasteiger partial charge in [-0.05, 0) is 47.0 Å². The summed E-state index contributed by atoms with van der Waals surface area (Å²) >= 11 is 1.66. The quantitative estimate of drug-likeness (QED) is 0.807. The minimum absolute atomic E-state index is 0.0286. The maximum Gasteiger partial charge on any atom is 0.167 e. The van der Waals surface area contributed by atoms with E-state index in [4.69, 9.17) is 4.74 Å². The van der Waals surface area contributed by atoms with Gasteiger partial charge in [-0.25, -0.2) is 0 Å². The van der Waals surface area contributed by atoms with Gasteiger partial charge in [-0.1, -0.05) is 12.1 Å². The second-order valence-corrected chi connectivity index (χ2v) is 4.31. The fraction of sp³-hybridized carbons (Fsp3) is 0.154. The molecule has 0 aliphatic rings. The van der Waals surface area contributed by atoms with Gasteiger partial charge in [0.1, 0.15) is 12.4 Å². The molecular weight excluding hydrogens is 220 g/mol. The number of hydrogen-bond donors (Lipinski definition) is 0. The first-order valence-electron chi connectivity index (χ1n) is 5.00. The number of rotatable bonds is 4. The van der Waals surface area contributed by atoms with Crippen LogP contribution in [0.1, 0.15) is 6.92 Å². The number of carbonyl (C=O) groups excluding carboxylic acids is 1. The van der Waals surface area contributed by atoms with Gasteiger partial charge in [0.25, 0.3) is 0 Å². The summed E-state index contributed by atoms with van der Waals surface area (Å²) in [5.74, 6) is 0.764. The Hall–Kier alpha value is -1.61. The zero-order chi connectivity index (χ0) is 11.4. The van der Waals surface area contributed by atoms with E-state index in [0.717, 1.165) is 11.3 Å². The van der Waals surface area contributed by atoms with Crippen LogP contribution in [0.4, 0.5) is 0 Å². The number of ether oxygens (including phenoxy) is 1. The van der Waals surface area contributed by atoms with Crippen molar-refractivity contribution in [3.8, 4) is 16.9 Å². The van der Waals surface area contributed by atoms with Crippen molar-refractivity contribution in [3.63, 3.8) is 0 Å². The summed E-state index contributed by atoms with van der Waals surface area (Å²) < 4.78 is 5.36. The van der Waals surface area contributed by atoms with Crippen LogP contribution in [0.15, 0.2) is 41.1 Å². The molecule has 16 heavy (non-hydrogen) atoms. The zero-order valence-electron chi connectivity index (χ0n) is 8.97. The van der Waals surface area contributed by atoms with Gasteiger partial charge in [0.2, 0.25) is 0 Å².